The number of rotatable bonds is 38. The van der Waals surface area contributed by atoms with Gasteiger partial charge in [-0.2, -0.15) is 0 Å². The Balaban J connectivity index is 1.00. The fraction of sp³-hybridized carbons (Fsp3) is 0.543. The third-order valence-electron chi connectivity index (χ3n) is 18.6. The summed E-state index contributed by atoms with van der Waals surface area (Å²) in [5.41, 5.74) is 33.7. The van der Waals surface area contributed by atoms with Crippen molar-refractivity contribution >= 4 is 51.8 Å². The molecule has 1 fully saturated rings. The standard InChI is InChI=1S/C70H93N11O10/c1-78(35-37-90-38-36-79(2)67(87)62-45-51(76-77-74)46-81(62)66(86)49-24-28-57-61(43-49)80(3)69(89)91-68(57)88)64(85)30-31-70-58-41-47(39-52(82)19-13-7-4-10-16-32-71)22-26-54(58)65(55-27-23-48(42-59(55)70)40-53(83)20-14-8-5-11-17-33-72)56-29-25-50(44-60(56)70)75-63(84)21-15-9-6-12-18-34-73/h22-29,41-44,51,62,65H,4-21,30-40,45-46,71-73H2,1-3H3,(H,75,84)/t51-,62-,65?,70?/m0/s1. The van der Waals surface area contributed by atoms with Crippen LogP contribution in [0.4, 0.5) is 5.69 Å². The van der Waals surface area contributed by atoms with Gasteiger partial charge in [0.15, 0.2) is 0 Å². The second-order valence-corrected chi connectivity index (χ2v) is 25.1. The molecule has 91 heavy (non-hydrogen) atoms. The van der Waals surface area contributed by atoms with E-state index in [0.717, 1.165) is 145 Å². The van der Waals surface area contributed by atoms with Gasteiger partial charge in [-0.3, -0.25) is 33.3 Å². The Morgan fingerprint density at radius 3 is 1.77 bits per heavy atom. The first-order valence-electron chi connectivity index (χ1n) is 32.9. The Kier molecular flexibility index (Phi) is 25.4. The topological polar surface area (TPSA) is 312 Å². The van der Waals surface area contributed by atoms with Crippen LogP contribution in [0.25, 0.3) is 21.3 Å². The molecule has 2 heterocycles. The Labute approximate surface area is 533 Å². The predicted molar refractivity (Wildman–Crippen MR) is 352 cm³/mol. The van der Waals surface area contributed by atoms with E-state index in [-0.39, 0.29) is 104 Å². The second-order valence-electron chi connectivity index (χ2n) is 25.1. The number of hydrogen-bond acceptors (Lipinski definition) is 14. The van der Waals surface area contributed by atoms with Gasteiger partial charge in [0.25, 0.3) is 5.91 Å². The first-order chi connectivity index (χ1) is 44.0. The number of hydrogen-bond donors (Lipinski definition) is 4. The summed E-state index contributed by atoms with van der Waals surface area (Å²) in [4.78, 5) is 116. The van der Waals surface area contributed by atoms with Crippen LogP contribution in [0.5, 0.6) is 0 Å². The van der Waals surface area contributed by atoms with E-state index in [0.29, 0.717) is 51.0 Å². The summed E-state index contributed by atoms with van der Waals surface area (Å²) in [7, 11) is 4.74. The molecule has 2 bridgehead atoms. The van der Waals surface area contributed by atoms with E-state index in [1.54, 1.807) is 19.0 Å². The number of likely N-dealkylation sites (tertiary alicyclic amines) is 1. The minimum Gasteiger partial charge on any atom is -0.378 e. The normalized spacial score (nSPS) is 16.9. The molecule has 4 aromatic carbocycles. The van der Waals surface area contributed by atoms with Crippen molar-refractivity contribution in [2.75, 3.05) is 71.9 Å². The van der Waals surface area contributed by atoms with Gasteiger partial charge in [0.05, 0.1) is 30.2 Å². The molecule has 1 aliphatic heterocycles. The van der Waals surface area contributed by atoms with Crippen LogP contribution >= 0.6 is 0 Å². The monoisotopic (exact) mass is 1250 g/mol. The number of likely N-dealkylation sites (N-methyl/N-ethyl adjacent to an activating group) is 2. The van der Waals surface area contributed by atoms with Gasteiger partial charge in [-0.1, -0.05) is 105 Å². The highest BCUT2D eigenvalue weighted by Gasteiger charge is 2.52. The molecule has 2 atom stereocenters. The minimum atomic E-state index is -0.986. The van der Waals surface area contributed by atoms with Gasteiger partial charge in [-0.05, 0) is 151 Å². The number of nitrogens with one attached hydrogen (secondary N) is 1. The quantitative estimate of drug-likeness (QED) is 0.0124. The molecular weight excluding hydrogens is 1150 g/mol. The van der Waals surface area contributed by atoms with Gasteiger partial charge >= 0.3 is 11.4 Å². The Morgan fingerprint density at radius 2 is 1.20 bits per heavy atom. The summed E-state index contributed by atoms with van der Waals surface area (Å²) in [5.74, 6) is -1.91. The number of carbonyl (C=O) groups excluding carboxylic acids is 6. The number of fused-ring (bicyclic) bond motifs is 1. The number of aromatic nitrogens is 1. The summed E-state index contributed by atoms with van der Waals surface area (Å²) >= 11 is 0. The number of Topliss-reactive ketones (excluding diaryl/α,β-unsaturated/α-hetero) is 2. The molecule has 488 valence electrons. The summed E-state index contributed by atoms with van der Waals surface area (Å²) in [6.07, 6.45) is 16.8. The summed E-state index contributed by atoms with van der Waals surface area (Å²) < 4.78 is 11.9. The van der Waals surface area contributed by atoms with Gasteiger partial charge in [0, 0.05) is 107 Å². The van der Waals surface area contributed by atoms with Gasteiger partial charge in [0.2, 0.25) is 17.7 Å². The number of anilines is 1. The lowest BCUT2D eigenvalue weighted by Gasteiger charge is -2.51. The van der Waals surface area contributed by atoms with Crippen molar-refractivity contribution in [1.82, 2.24) is 19.3 Å². The van der Waals surface area contributed by atoms with Crippen LogP contribution in [-0.2, 0) is 54.0 Å². The number of amides is 4. The lowest BCUT2D eigenvalue weighted by atomic mass is 9.51. The van der Waals surface area contributed by atoms with Crippen molar-refractivity contribution in [3.8, 4) is 0 Å². The summed E-state index contributed by atoms with van der Waals surface area (Å²) in [6, 6.07) is 21.5. The van der Waals surface area contributed by atoms with Crippen LogP contribution in [0.15, 0.2) is 91.9 Å². The van der Waals surface area contributed by atoms with E-state index in [1.807, 2.05) is 6.07 Å². The van der Waals surface area contributed by atoms with E-state index in [1.165, 1.54) is 35.0 Å². The first-order valence-corrected chi connectivity index (χ1v) is 32.9. The Bertz CT molecular complexity index is 3380. The van der Waals surface area contributed by atoms with E-state index in [2.05, 4.69) is 63.9 Å². The van der Waals surface area contributed by atoms with Gasteiger partial charge in [-0.15, -0.1) is 0 Å². The number of ether oxygens (including phenoxy) is 1. The zero-order valence-electron chi connectivity index (χ0n) is 53.5. The summed E-state index contributed by atoms with van der Waals surface area (Å²) in [6.45, 7) is 2.57. The molecule has 3 aliphatic carbocycles. The molecule has 0 unspecified atom stereocenters. The van der Waals surface area contributed by atoms with E-state index >= 15 is 0 Å². The number of aryl methyl sites for hydroxylation is 1. The zero-order chi connectivity index (χ0) is 65.0. The van der Waals surface area contributed by atoms with Crippen LogP contribution in [-0.4, -0.2) is 133 Å². The third kappa shape index (κ3) is 17.2. The lowest BCUT2D eigenvalue weighted by molar-refractivity contribution is -0.134. The van der Waals surface area contributed by atoms with E-state index < -0.39 is 40.7 Å². The van der Waals surface area contributed by atoms with Gasteiger partial charge in [-0.25, -0.2) is 9.59 Å². The molecule has 7 N–H and O–H groups in total. The molecule has 1 aromatic heterocycles. The Morgan fingerprint density at radius 1 is 0.670 bits per heavy atom. The molecule has 0 spiro atoms. The number of unbranched alkanes of at least 4 members (excludes halogenated alkanes) is 12. The van der Waals surface area contributed by atoms with E-state index in [4.69, 9.17) is 26.4 Å². The molecule has 0 radical (unpaired) electrons. The maximum Gasteiger partial charge on any atom is 0.422 e. The number of benzene rings is 4. The molecule has 21 nitrogen and oxygen atoms in total. The average Bonchev–Trinajstić information content (AvgIpc) is 0.931. The summed E-state index contributed by atoms with van der Waals surface area (Å²) in [5, 5.41) is 7.15. The van der Waals surface area contributed by atoms with Crippen molar-refractivity contribution in [1.29, 1.82) is 0 Å². The smallest absolute Gasteiger partial charge is 0.378 e. The van der Waals surface area contributed by atoms with Crippen LogP contribution in [0.3, 0.4) is 0 Å². The van der Waals surface area contributed by atoms with Gasteiger partial charge in [0.1, 0.15) is 17.6 Å². The number of nitrogens with two attached hydrogens (primary N) is 3. The molecule has 0 saturated carbocycles. The molecular formula is C70H93N11O10. The molecule has 4 aliphatic rings. The van der Waals surface area contributed by atoms with Crippen molar-refractivity contribution in [2.45, 2.75) is 171 Å². The molecule has 1 saturated heterocycles. The molecule has 5 aromatic rings. The minimum absolute atomic E-state index is 0.0290. The van der Waals surface area contributed by atoms with Crippen LogP contribution in [0.2, 0.25) is 0 Å². The third-order valence-corrected chi connectivity index (χ3v) is 18.6. The van der Waals surface area contributed by atoms with Crippen molar-refractivity contribution in [3.05, 3.63) is 154 Å². The SMILES string of the molecule is CN(CCOCCN(C)C(=O)[C@@H]1C[C@H](N=[N+]=[N-])CN1C(=O)c1ccc2c(=O)oc(=O)n(C)c2c1)C(=O)CCC12c3cc(CC(=O)CCCCCCCN)ccc3C(c3ccc(CC(=O)CCCCCCCN)cc31)c1ccc(NC(=O)CCCCCCCN)cc12. The second kappa shape index (κ2) is 33.5. The van der Waals surface area contributed by atoms with Gasteiger partial charge < -0.3 is 46.4 Å². The van der Waals surface area contributed by atoms with Crippen molar-refractivity contribution < 1.29 is 37.9 Å². The predicted octanol–water partition coefficient (Wildman–Crippen LogP) is 9.00. The number of ketones is 2. The fourth-order valence-corrected chi connectivity index (χ4v) is 13.6. The largest absolute Gasteiger partial charge is 0.422 e. The first kappa shape index (κ1) is 69.1. The average molecular weight is 1250 g/mol. The number of nitrogens with zero attached hydrogens (tertiary/aromatic N) is 7. The van der Waals surface area contributed by atoms with Crippen LogP contribution < -0.4 is 33.9 Å². The molecule has 9 rings (SSSR count). The maximum atomic E-state index is 14.7. The molecule has 21 heteroatoms. The fourth-order valence-electron chi connectivity index (χ4n) is 13.6. The highest BCUT2D eigenvalue weighted by Crippen LogP contribution is 2.61. The highest BCUT2D eigenvalue weighted by molar-refractivity contribution is 6.00. The number of carbonyl (C=O) groups is 6. The van der Waals surface area contributed by atoms with Crippen molar-refractivity contribution in [3.63, 3.8) is 0 Å². The molecule has 4 amide bonds. The van der Waals surface area contributed by atoms with Crippen LogP contribution in [0, 0.1) is 0 Å². The lowest BCUT2D eigenvalue weighted by Crippen LogP contribution is -2.47. The zero-order valence-corrected chi connectivity index (χ0v) is 53.5. The van der Waals surface area contributed by atoms with Crippen LogP contribution in [0.1, 0.15) is 196 Å². The van der Waals surface area contributed by atoms with E-state index in [9.17, 15) is 43.9 Å². The number of azide groups is 1. The van der Waals surface area contributed by atoms with Crippen molar-refractivity contribution in [2.24, 2.45) is 29.4 Å². The maximum absolute atomic E-state index is 14.7. The highest BCUT2D eigenvalue weighted by atomic mass is 16.5. The Hall–Kier alpha value is -7.81.